The standard InChI is InChI=1S/C29H25ClFN5O4S/c30-26-8-7-20(41-26)16-32-27-14-24(33-36(27)29(38)21-5-1-2-6-23(21)31)22-18-35(17-19-4-3-11-40-19)28(37)15-25(22)34-9-12-39-13-10-34/h1-8,11,14-15,18,32H,9-10,12-13,16-17H2. The number of nitrogens with zero attached hydrogens (tertiary/aromatic N) is 4. The number of carbonyl (C=O) groups excluding carboxylic acids is 1. The molecule has 5 heterocycles. The van der Waals surface area contributed by atoms with Crippen molar-refractivity contribution in [2.45, 2.75) is 13.1 Å². The molecule has 5 aromatic rings. The molecule has 0 spiro atoms. The van der Waals surface area contributed by atoms with E-state index in [1.807, 2.05) is 6.07 Å². The van der Waals surface area contributed by atoms with Crippen LogP contribution in [0.4, 0.5) is 15.9 Å². The summed E-state index contributed by atoms with van der Waals surface area (Å²) in [6.07, 6.45) is 3.27. The zero-order valence-electron chi connectivity index (χ0n) is 21.8. The predicted octanol–water partition coefficient (Wildman–Crippen LogP) is 5.34. The molecule has 6 rings (SSSR count). The average molecular weight is 594 g/mol. The van der Waals surface area contributed by atoms with Crippen LogP contribution in [-0.4, -0.2) is 46.6 Å². The number of pyridine rings is 1. The molecule has 0 aliphatic carbocycles. The maximum atomic E-state index is 14.7. The first-order valence-electron chi connectivity index (χ1n) is 12.9. The molecule has 4 aromatic heterocycles. The third kappa shape index (κ3) is 5.83. The molecule has 0 unspecified atom stereocenters. The molecule has 0 saturated carbocycles. The zero-order chi connectivity index (χ0) is 28.3. The number of carbonyl (C=O) groups is 1. The number of morpholine rings is 1. The number of furan rings is 1. The van der Waals surface area contributed by atoms with Crippen LogP contribution in [-0.2, 0) is 17.8 Å². The van der Waals surface area contributed by atoms with Crippen LogP contribution in [0.15, 0.2) is 82.3 Å². The van der Waals surface area contributed by atoms with E-state index in [9.17, 15) is 14.0 Å². The van der Waals surface area contributed by atoms with E-state index in [-0.39, 0.29) is 17.7 Å². The normalized spacial score (nSPS) is 13.5. The van der Waals surface area contributed by atoms with Crippen LogP contribution < -0.4 is 15.8 Å². The maximum Gasteiger partial charge on any atom is 0.283 e. The number of rotatable bonds is 8. The lowest BCUT2D eigenvalue weighted by atomic mass is 10.1. The summed E-state index contributed by atoms with van der Waals surface area (Å²) >= 11 is 7.52. The Morgan fingerprint density at radius 3 is 2.66 bits per heavy atom. The summed E-state index contributed by atoms with van der Waals surface area (Å²) < 4.78 is 29.0. The van der Waals surface area contributed by atoms with Crippen molar-refractivity contribution < 1.29 is 18.3 Å². The van der Waals surface area contributed by atoms with Crippen LogP contribution in [0.1, 0.15) is 21.0 Å². The van der Waals surface area contributed by atoms with E-state index in [1.54, 1.807) is 48.9 Å². The number of halogens is 2. The quantitative estimate of drug-likeness (QED) is 0.259. The predicted molar refractivity (Wildman–Crippen MR) is 156 cm³/mol. The first-order valence-corrected chi connectivity index (χ1v) is 14.1. The molecule has 210 valence electrons. The number of aromatic nitrogens is 3. The molecule has 0 bridgehead atoms. The van der Waals surface area contributed by atoms with Crippen molar-refractivity contribution in [2.24, 2.45) is 0 Å². The van der Waals surface area contributed by atoms with E-state index in [4.69, 9.17) is 20.8 Å². The fraction of sp³-hybridized carbons (Fsp3) is 0.207. The van der Waals surface area contributed by atoms with Crippen LogP contribution in [0.25, 0.3) is 11.3 Å². The lowest BCUT2D eigenvalue weighted by Crippen LogP contribution is -2.37. The Hall–Kier alpha value is -4.19. The summed E-state index contributed by atoms with van der Waals surface area (Å²) in [4.78, 5) is 29.8. The highest BCUT2D eigenvalue weighted by Gasteiger charge is 2.24. The topological polar surface area (TPSA) is 94.5 Å². The van der Waals surface area contributed by atoms with Gasteiger partial charge < -0.3 is 23.9 Å². The Balaban J connectivity index is 1.46. The number of ether oxygens (including phenoxy) is 1. The Kier molecular flexibility index (Phi) is 7.73. The molecule has 12 heteroatoms. The highest BCUT2D eigenvalue weighted by Crippen LogP contribution is 2.32. The summed E-state index contributed by atoms with van der Waals surface area (Å²) in [5, 5.41) is 7.91. The van der Waals surface area contributed by atoms with Crippen molar-refractivity contribution in [1.29, 1.82) is 0 Å². The minimum absolute atomic E-state index is 0.111. The minimum Gasteiger partial charge on any atom is -0.467 e. The van der Waals surface area contributed by atoms with Gasteiger partial charge in [0.25, 0.3) is 11.5 Å². The molecule has 0 amide bonds. The van der Waals surface area contributed by atoms with E-state index < -0.39 is 11.7 Å². The average Bonchev–Trinajstić information content (AvgIpc) is 3.75. The monoisotopic (exact) mass is 593 g/mol. The van der Waals surface area contributed by atoms with Gasteiger partial charge in [0, 0.05) is 41.9 Å². The van der Waals surface area contributed by atoms with E-state index in [1.165, 1.54) is 34.1 Å². The first-order chi connectivity index (χ1) is 20.0. The Labute approximate surface area is 243 Å². The second kappa shape index (κ2) is 11.7. The number of thiophene rings is 1. The summed E-state index contributed by atoms with van der Waals surface area (Å²) in [5.74, 6) is -0.284. The lowest BCUT2D eigenvalue weighted by Gasteiger charge is -2.30. The Morgan fingerprint density at radius 2 is 1.93 bits per heavy atom. The zero-order valence-corrected chi connectivity index (χ0v) is 23.3. The molecule has 0 atom stereocenters. The van der Waals surface area contributed by atoms with Crippen LogP contribution in [0.3, 0.4) is 0 Å². The van der Waals surface area contributed by atoms with Crippen LogP contribution in [0, 0.1) is 5.82 Å². The van der Waals surface area contributed by atoms with Gasteiger partial charge in [-0.25, -0.2) is 4.39 Å². The second-order valence-corrected chi connectivity index (χ2v) is 11.2. The van der Waals surface area contributed by atoms with Gasteiger partial charge in [0.2, 0.25) is 0 Å². The number of hydrogen-bond donors (Lipinski definition) is 1. The fourth-order valence-electron chi connectivity index (χ4n) is 4.69. The van der Waals surface area contributed by atoms with Crippen molar-refractivity contribution >= 4 is 40.4 Å². The maximum absolute atomic E-state index is 14.7. The molecule has 0 radical (unpaired) electrons. The van der Waals surface area contributed by atoms with Gasteiger partial charge in [-0.1, -0.05) is 23.7 Å². The fourth-order valence-corrected chi connectivity index (χ4v) is 5.71. The van der Waals surface area contributed by atoms with Crippen LogP contribution >= 0.6 is 22.9 Å². The van der Waals surface area contributed by atoms with Gasteiger partial charge in [-0.3, -0.25) is 9.59 Å². The molecule has 1 N–H and O–H groups in total. The number of anilines is 2. The van der Waals surface area contributed by atoms with E-state index in [0.29, 0.717) is 65.7 Å². The van der Waals surface area contributed by atoms with Gasteiger partial charge in [0.15, 0.2) is 0 Å². The van der Waals surface area contributed by atoms with Gasteiger partial charge in [0.1, 0.15) is 17.4 Å². The van der Waals surface area contributed by atoms with Crippen molar-refractivity contribution in [3.05, 3.63) is 110 Å². The van der Waals surface area contributed by atoms with Gasteiger partial charge in [0.05, 0.1) is 53.8 Å². The van der Waals surface area contributed by atoms with E-state index in [0.717, 1.165) is 9.56 Å². The van der Waals surface area contributed by atoms with E-state index in [2.05, 4.69) is 15.3 Å². The van der Waals surface area contributed by atoms with Gasteiger partial charge in [-0.2, -0.15) is 9.78 Å². The number of hydrogen-bond acceptors (Lipinski definition) is 8. The SMILES string of the molecule is O=C(c1ccccc1F)n1nc(-c2cn(Cc3ccco3)c(=O)cc2N2CCOCC2)cc1NCc1ccc(Cl)s1. The van der Waals surface area contributed by atoms with Crippen LogP contribution in [0.5, 0.6) is 0 Å². The van der Waals surface area contributed by atoms with Crippen molar-refractivity contribution in [3.8, 4) is 11.3 Å². The van der Waals surface area contributed by atoms with Crippen molar-refractivity contribution in [2.75, 3.05) is 36.5 Å². The molecular formula is C29H25ClFN5O4S. The molecule has 9 nitrogen and oxygen atoms in total. The largest absolute Gasteiger partial charge is 0.467 e. The molecule has 1 aliphatic rings. The summed E-state index contributed by atoms with van der Waals surface area (Å²) in [5.41, 5.74) is 1.44. The molecule has 1 saturated heterocycles. The molecule has 1 aromatic carbocycles. The highest BCUT2D eigenvalue weighted by molar-refractivity contribution is 7.16. The van der Waals surface area contributed by atoms with Crippen molar-refractivity contribution in [3.63, 3.8) is 0 Å². The lowest BCUT2D eigenvalue weighted by molar-refractivity contribution is 0.0944. The second-order valence-electron chi connectivity index (χ2n) is 9.39. The smallest absolute Gasteiger partial charge is 0.283 e. The number of nitrogens with one attached hydrogen (secondary N) is 1. The summed E-state index contributed by atoms with van der Waals surface area (Å²) in [7, 11) is 0. The minimum atomic E-state index is -0.647. The van der Waals surface area contributed by atoms with Gasteiger partial charge in [-0.05, 0) is 36.4 Å². The van der Waals surface area contributed by atoms with Gasteiger partial charge in [-0.15, -0.1) is 11.3 Å². The highest BCUT2D eigenvalue weighted by atomic mass is 35.5. The third-order valence-electron chi connectivity index (χ3n) is 6.72. The first kappa shape index (κ1) is 27.0. The molecular weight excluding hydrogens is 569 g/mol. The Morgan fingerprint density at radius 1 is 1.10 bits per heavy atom. The van der Waals surface area contributed by atoms with E-state index >= 15 is 0 Å². The van der Waals surface area contributed by atoms with Gasteiger partial charge >= 0.3 is 0 Å². The summed E-state index contributed by atoms with van der Waals surface area (Å²) in [6, 6.07) is 16.3. The van der Waals surface area contributed by atoms with Crippen molar-refractivity contribution in [1.82, 2.24) is 14.3 Å². The van der Waals surface area contributed by atoms with Crippen LogP contribution in [0.2, 0.25) is 4.34 Å². The molecule has 1 fully saturated rings. The molecule has 1 aliphatic heterocycles. The number of benzene rings is 1. The Bertz CT molecular complexity index is 1740. The summed E-state index contributed by atoms with van der Waals surface area (Å²) in [6.45, 7) is 2.82. The third-order valence-corrected chi connectivity index (χ3v) is 7.95. The molecule has 41 heavy (non-hydrogen) atoms.